The zero-order chi connectivity index (χ0) is 17.9. The monoisotopic (exact) mass is 414 g/mol. The molecule has 0 unspecified atom stereocenters. The van der Waals surface area contributed by atoms with Gasteiger partial charge < -0.3 is 9.64 Å². The maximum absolute atomic E-state index is 12.4. The molecule has 0 aromatic heterocycles. The van der Waals surface area contributed by atoms with Crippen LogP contribution in [0, 0.1) is 0 Å². The van der Waals surface area contributed by atoms with Crippen molar-refractivity contribution in [3.05, 3.63) is 28.2 Å². The lowest BCUT2D eigenvalue weighted by molar-refractivity contribution is 0.0973. The molecule has 0 saturated carbocycles. The van der Waals surface area contributed by atoms with Gasteiger partial charge in [-0.3, -0.25) is 10.1 Å². The van der Waals surface area contributed by atoms with Crippen molar-refractivity contribution in [3.63, 3.8) is 0 Å². The molecule has 1 aromatic carbocycles. The zero-order valence-corrected chi connectivity index (χ0v) is 17.1. The van der Waals surface area contributed by atoms with Crippen molar-refractivity contribution in [2.45, 2.75) is 46.5 Å². The Bertz CT molecular complexity index is 546. The molecule has 6 heteroatoms. The summed E-state index contributed by atoms with van der Waals surface area (Å²) in [6.45, 7) is 8.69. The van der Waals surface area contributed by atoms with Gasteiger partial charge in [0.2, 0.25) is 0 Å². The van der Waals surface area contributed by atoms with Crippen LogP contribution in [0.15, 0.2) is 22.7 Å². The molecule has 0 fully saturated rings. The van der Waals surface area contributed by atoms with Gasteiger partial charge in [0, 0.05) is 18.7 Å². The number of benzene rings is 1. The Labute approximate surface area is 159 Å². The second kappa shape index (κ2) is 11.4. The Morgan fingerprint density at radius 3 is 2.42 bits per heavy atom. The van der Waals surface area contributed by atoms with Gasteiger partial charge in [-0.15, -0.1) is 0 Å². The van der Waals surface area contributed by atoms with Gasteiger partial charge in [-0.2, -0.15) is 0 Å². The van der Waals surface area contributed by atoms with E-state index in [2.05, 4.69) is 42.0 Å². The van der Waals surface area contributed by atoms with Crippen molar-refractivity contribution in [2.75, 3.05) is 19.7 Å². The van der Waals surface area contributed by atoms with Crippen LogP contribution >= 0.6 is 28.1 Å². The molecule has 24 heavy (non-hydrogen) atoms. The normalized spacial score (nSPS) is 10.3. The highest BCUT2D eigenvalue weighted by molar-refractivity contribution is 9.10. The molecule has 4 nitrogen and oxygen atoms in total. The number of carbonyl (C=O) groups excluding carboxylic acids is 1. The standard InChI is InChI=1S/C18H27BrN2O2S/c1-4-7-12-23-16-9-8-14(13-15(16)19)17(22)20-18(24)21(10-5-2)11-6-3/h8-9,13H,4-7,10-12H2,1-3H3,(H,20,22,24). The molecule has 0 aliphatic heterocycles. The Kier molecular flexibility index (Phi) is 9.95. The van der Waals surface area contributed by atoms with Crippen molar-refractivity contribution >= 4 is 39.2 Å². The minimum Gasteiger partial charge on any atom is -0.492 e. The molecule has 0 saturated heterocycles. The minimum absolute atomic E-state index is 0.196. The number of unbranched alkanes of at least 4 members (excludes halogenated alkanes) is 1. The molecule has 1 N–H and O–H groups in total. The quantitative estimate of drug-likeness (QED) is 0.466. The van der Waals surface area contributed by atoms with Gasteiger partial charge in [-0.25, -0.2) is 0 Å². The number of amides is 1. The third kappa shape index (κ3) is 6.77. The molecule has 0 aliphatic rings. The lowest BCUT2D eigenvalue weighted by Crippen LogP contribution is -2.43. The SMILES string of the molecule is CCCCOc1ccc(C(=O)NC(=S)N(CCC)CCC)cc1Br. The molecule has 134 valence electrons. The number of nitrogens with zero attached hydrogens (tertiary/aromatic N) is 1. The Morgan fingerprint density at radius 1 is 1.21 bits per heavy atom. The fourth-order valence-corrected chi connectivity index (χ4v) is 2.96. The van der Waals surface area contributed by atoms with E-state index in [9.17, 15) is 4.79 Å². The molecular weight excluding hydrogens is 388 g/mol. The molecule has 0 radical (unpaired) electrons. The Balaban J connectivity index is 2.70. The first kappa shape index (κ1) is 20.9. The van der Waals surface area contributed by atoms with E-state index in [4.69, 9.17) is 17.0 Å². The van der Waals surface area contributed by atoms with E-state index >= 15 is 0 Å². The first-order valence-electron chi connectivity index (χ1n) is 8.56. The lowest BCUT2D eigenvalue weighted by atomic mass is 10.2. The topological polar surface area (TPSA) is 41.6 Å². The van der Waals surface area contributed by atoms with Crippen LogP contribution in [0.3, 0.4) is 0 Å². The van der Waals surface area contributed by atoms with Crippen LogP contribution in [-0.2, 0) is 0 Å². The van der Waals surface area contributed by atoms with E-state index < -0.39 is 0 Å². The van der Waals surface area contributed by atoms with Gasteiger partial charge in [0.05, 0.1) is 11.1 Å². The molecule has 0 aliphatic carbocycles. The Morgan fingerprint density at radius 2 is 1.88 bits per heavy atom. The predicted molar refractivity (Wildman–Crippen MR) is 107 cm³/mol. The van der Waals surface area contributed by atoms with Crippen LogP contribution in [-0.4, -0.2) is 35.6 Å². The summed E-state index contributed by atoms with van der Waals surface area (Å²) < 4.78 is 6.46. The summed E-state index contributed by atoms with van der Waals surface area (Å²) in [6.07, 6.45) is 4.08. The van der Waals surface area contributed by atoms with Crippen LogP contribution in [0.1, 0.15) is 56.8 Å². The van der Waals surface area contributed by atoms with E-state index in [-0.39, 0.29) is 5.91 Å². The molecule has 0 heterocycles. The van der Waals surface area contributed by atoms with Crippen LogP contribution < -0.4 is 10.1 Å². The van der Waals surface area contributed by atoms with E-state index in [0.717, 1.165) is 49.0 Å². The summed E-state index contributed by atoms with van der Waals surface area (Å²) >= 11 is 8.83. The third-order valence-electron chi connectivity index (χ3n) is 3.44. The third-order valence-corrected chi connectivity index (χ3v) is 4.42. The maximum atomic E-state index is 12.4. The number of hydrogen-bond donors (Lipinski definition) is 1. The summed E-state index contributed by atoms with van der Waals surface area (Å²) in [6, 6.07) is 5.34. The predicted octanol–water partition coefficient (Wildman–Crippen LogP) is 4.76. The van der Waals surface area contributed by atoms with E-state index in [1.165, 1.54) is 0 Å². The van der Waals surface area contributed by atoms with Gasteiger partial charge in [0.15, 0.2) is 5.11 Å². The average molecular weight is 415 g/mol. The molecule has 1 aromatic rings. The molecule has 1 rings (SSSR count). The van der Waals surface area contributed by atoms with Gasteiger partial charge in [-0.1, -0.05) is 27.2 Å². The first-order valence-corrected chi connectivity index (χ1v) is 9.76. The minimum atomic E-state index is -0.196. The highest BCUT2D eigenvalue weighted by Crippen LogP contribution is 2.26. The second-order valence-corrected chi connectivity index (χ2v) is 6.83. The number of ether oxygens (including phenoxy) is 1. The van der Waals surface area contributed by atoms with Crippen molar-refractivity contribution < 1.29 is 9.53 Å². The van der Waals surface area contributed by atoms with Gasteiger partial charge in [0.25, 0.3) is 5.91 Å². The first-order chi connectivity index (χ1) is 11.5. The van der Waals surface area contributed by atoms with E-state index in [1.807, 2.05) is 11.0 Å². The fraction of sp³-hybridized carbons (Fsp3) is 0.556. The number of rotatable bonds is 9. The maximum Gasteiger partial charge on any atom is 0.257 e. The summed E-state index contributed by atoms with van der Waals surface area (Å²) in [5.41, 5.74) is 0.556. The summed E-state index contributed by atoms with van der Waals surface area (Å²) in [7, 11) is 0. The summed E-state index contributed by atoms with van der Waals surface area (Å²) in [5, 5.41) is 3.31. The highest BCUT2D eigenvalue weighted by atomic mass is 79.9. The fourth-order valence-electron chi connectivity index (χ4n) is 2.19. The van der Waals surface area contributed by atoms with Crippen LogP contribution in [0.5, 0.6) is 5.75 Å². The van der Waals surface area contributed by atoms with Gasteiger partial charge in [0.1, 0.15) is 5.75 Å². The van der Waals surface area contributed by atoms with Crippen LogP contribution in [0.4, 0.5) is 0 Å². The number of hydrogen-bond acceptors (Lipinski definition) is 3. The number of halogens is 1. The Hall–Kier alpha value is -1.14. The van der Waals surface area contributed by atoms with Crippen molar-refractivity contribution in [1.29, 1.82) is 0 Å². The summed E-state index contributed by atoms with van der Waals surface area (Å²) in [5.74, 6) is 0.555. The van der Waals surface area contributed by atoms with Gasteiger partial charge >= 0.3 is 0 Å². The molecule has 0 bridgehead atoms. The van der Waals surface area contributed by atoms with Crippen molar-refractivity contribution in [3.8, 4) is 5.75 Å². The number of nitrogens with one attached hydrogen (secondary N) is 1. The van der Waals surface area contributed by atoms with Gasteiger partial charge in [-0.05, 0) is 65.6 Å². The molecule has 0 spiro atoms. The van der Waals surface area contributed by atoms with Crippen molar-refractivity contribution in [1.82, 2.24) is 10.2 Å². The van der Waals surface area contributed by atoms with Crippen LogP contribution in [0.25, 0.3) is 0 Å². The van der Waals surface area contributed by atoms with Crippen molar-refractivity contribution in [2.24, 2.45) is 0 Å². The van der Waals surface area contributed by atoms with E-state index in [0.29, 0.717) is 17.3 Å². The van der Waals surface area contributed by atoms with Crippen LogP contribution in [0.2, 0.25) is 0 Å². The largest absolute Gasteiger partial charge is 0.492 e. The average Bonchev–Trinajstić information content (AvgIpc) is 2.56. The second-order valence-electron chi connectivity index (χ2n) is 5.59. The lowest BCUT2D eigenvalue weighted by Gasteiger charge is -2.24. The molecule has 1 amide bonds. The smallest absolute Gasteiger partial charge is 0.257 e. The zero-order valence-electron chi connectivity index (χ0n) is 14.7. The number of carbonyl (C=O) groups is 1. The molecule has 0 atom stereocenters. The highest BCUT2D eigenvalue weighted by Gasteiger charge is 2.14. The molecular formula is C18H27BrN2O2S. The summed E-state index contributed by atoms with van der Waals surface area (Å²) in [4.78, 5) is 14.4. The van der Waals surface area contributed by atoms with E-state index in [1.54, 1.807) is 12.1 Å². The number of thiocarbonyl (C=S) groups is 1.